The highest BCUT2D eigenvalue weighted by Gasteiger charge is 2.19. The first kappa shape index (κ1) is 11.3. The van der Waals surface area contributed by atoms with Crippen LogP contribution < -0.4 is 4.90 Å². The Kier molecular flexibility index (Phi) is 3.72. The van der Waals surface area contributed by atoms with Gasteiger partial charge < -0.3 is 10.0 Å². The van der Waals surface area contributed by atoms with Gasteiger partial charge in [0, 0.05) is 13.1 Å². The maximum atomic E-state index is 9.04. The normalized spacial score (nSPS) is 21.1. The van der Waals surface area contributed by atoms with E-state index >= 15 is 0 Å². The molecule has 0 aromatic carbocycles. The van der Waals surface area contributed by atoms with Crippen LogP contribution in [-0.2, 0) is 6.61 Å². The molecule has 1 N–H and O–H groups in total. The SMILES string of the molecule is CCC1CCCN(c2cncc(CO)n2)C1. The summed E-state index contributed by atoms with van der Waals surface area (Å²) in [5.41, 5.74) is 0.649. The van der Waals surface area contributed by atoms with E-state index in [0.29, 0.717) is 5.69 Å². The molecule has 1 fully saturated rings. The summed E-state index contributed by atoms with van der Waals surface area (Å²) >= 11 is 0. The molecule has 1 unspecified atom stereocenters. The van der Waals surface area contributed by atoms with E-state index in [4.69, 9.17) is 5.11 Å². The highest BCUT2D eigenvalue weighted by atomic mass is 16.3. The molecule has 1 aromatic rings. The molecule has 0 saturated carbocycles. The predicted molar refractivity (Wildman–Crippen MR) is 63.2 cm³/mol. The second kappa shape index (κ2) is 5.25. The van der Waals surface area contributed by atoms with Crippen molar-refractivity contribution in [3.05, 3.63) is 18.1 Å². The van der Waals surface area contributed by atoms with Crippen molar-refractivity contribution in [2.45, 2.75) is 32.8 Å². The summed E-state index contributed by atoms with van der Waals surface area (Å²) in [5, 5.41) is 9.04. The summed E-state index contributed by atoms with van der Waals surface area (Å²) < 4.78 is 0. The van der Waals surface area contributed by atoms with E-state index in [9.17, 15) is 0 Å². The zero-order valence-corrected chi connectivity index (χ0v) is 9.76. The third kappa shape index (κ3) is 2.50. The zero-order valence-electron chi connectivity index (χ0n) is 9.76. The molecule has 0 aliphatic carbocycles. The number of rotatable bonds is 3. The van der Waals surface area contributed by atoms with Crippen molar-refractivity contribution in [2.24, 2.45) is 5.92 Å². The molecule has 1 atom stereocenters. The van der Waals surface area contributed by atoms with E-state index < -0.39 is 0 Å². The number of hydrogen-bond donors (Lipinski definition) is 1. The van der Waals surface area contributed by atoms with Crippen LogP contribution in [0, 0.1) is 5.92 Å². The van der Waals surface area contributed by atoms with Gasteiger partial charge in [-0.3, -0.25) is 4.98 Å². The molecular weight excluding hydrogens is 202 g/mol. The zero-order chi connectivity index (χ0) is 11.4. The van der Waals surface area contributed by atoms with Crippen molar-refractivity contribution < 1.29 is 5.11 Å². The minimum absolute atomic E-state index is 0.0358. The van der Waals surface area contributed by atoms with Crippen molar-refractivity contribution >= 4 is 5.82 Å². The van der Waals surface area contributed by atoms with Crippen molar-refractivity contribution in [3.63, 3.8) is 0 Å². The van der Waals surface area contributed by atoms with Crippen molar-refractivity contribution in [1.29, 1.82) is 0 Å². The first-order valence-electron chi connectivity index (χ1n) is 6.00. The van der Waals surface area contributed by atoms with Gasteiger partial charge in [-0.25, -0.2) is 4.98 Å². The average molecular weight is 221 g/mol. The van der Waals surface area contributed by atoms with Crippen LogP contribution in [0.1, 0.15) is 31.9 Å². The third-order valence-electron chi connectivity index (χ3n) is 3.25. The molecule has 1 aromatic heterocycles. The minimum Gasteiger partial charge on any atom is -0.390 e. The monoisotopic (exact) mass is 221 g/mol. The Bertz CT molecular complexity index is 343. The maximum Gasteiger partial charge on any atom is 0.147 e. The van der Waals surface area contributed by atoms with Crippen LogP contribution in [-0.4, -0.2) is 28.2 Å². The number of aromatic nitrogens is 2. The molecule has 2 heterocycles. The van der Waals surface area contributed by atoms with Crippen LogP contribution in [0.5, 0.6) is 0 Å². The molecule has 88 valence electrons. The van der Waals surface area contributed by atoms with Gasteiger partial charge in [-0.05, 0) is 18.8 Å². The lowest BCUT2D eigenvalue weighted by molar-refractivity contribution is 0.276. The topological polar surface area (TPSA) is 49.2 Å². The largest absolute Gasteiger partial charge is 0.390 e. The number of aliphatic hydroxyl groups is 1. The summed E-state index contributed by atoms with van der Waals surface area (Å²) in [6.07, 6.45) is 7.18. The Morgan fingerprint density at radius 1 is 1.50 bits per heavy atom. The number of hydrogen-bond acceptors (Lipinski definition) is 4. The number of aliphatic hydroxyl groups excluding tert-OH is 1. The fourth-order valence-corrected chi connectivity index (χ4v) is 2.23. The lowest BCUT2D eigenvalue weighted by Crippen LogP contribution is -2.35. The molecular formula is C12H19N3O. The Morgan fingerprint density at radius 3 is 3.12 bits per heavy atom. The maximum absolute atomic E-state index is 9.04. The van der Waals surface area contributed by atoms with Gasteiger partial charge >= 0.3 is 0 Å². The molecule has 1 aliphatic heterocycles. The lowest BCUT2D eigenvalue weighted by Gasteiger charge is -2.33. The van der Waals surface area contributed by atoms with Crippen LogP contribution in [0.4, 0.5) is 5.82 Å². The summed E-state index contributed by atoms with van der Waals surface area (Å²) in [5.74, 6) is 1.68. The van der Waals surface area contributed by atoms with E-state index in [0.717, 1.165) is 24.8 Å². The van der Waals surface area contributed by atoms with Crippen LogP contribution in [0.3, 0.4) is 0 Å². The molecule has 16 heavy (non-hydrogen) atoms. The first-order chi connectivity index (χ1) is 7.83. The standard InChI is InChI=1S/C12H19N3O/c1-2-10-4-3-5-15(8-10)12-7-13-6-11(9-16)14-12/h6-7,10,16H,2-5,8-9H2,1H3. The van der Waals surface area contributed by atoms with Crippen LogP contribution in [0.2, 0.25) is 0 Å². The lowest BCUT2D eigenvalue weighted by atomic mass is 9.96. The molecule has 0 spiro atoms. The van der Waals surface area contributed by atoms with Crippen molar-refractivity contribution in [2.75, 3.05) is 18.0 Å². The summed E-state index contributed by atoms with van der Waals surface area (Å²) in [6.45, 7) is 4.33. The molecule has 4 heteroatoms. The number of nitrogens with zero attached hydrogens (tertiary/aromatic N) is 3. The molecule has 4 nitrogen and oxygen atoms in total. The van der Waals surface area contributed by atoms with Gasteiger partial charge in [0.25, 0.3) is 0 Å². The Balaban J connectivity index is 2.10. The summed E-state index contributed by atoms with van der Waals surface area (Å²) in [6, 6.07) is 0. The summed E-state index contributed by atoms with van der Waals surface area (Å²) in [7, 11) is 0. The molecule has 1 saturated heterocycles. The smallest absolute Gasteiger partial charge is 0.147 e. The van der Waals surface area contributed by atoms with E-state index in [1.807, 2.05) is 0 Å². The third-order valence-corrected chi connectivity index (χ3v) is 3.25. The predicted octanol–water partition coefficient (Wildman–Crippen LogP) is 1.60. The average Bonchev–Trinajstić information content (AvgIpc) is 2.39. The van der Waals surface area contributed by atoms with Crippen LogP contribution in [0.25, 0.3) is 0 Å². The van der Waals surface area contributed by atoms with Crippen molar-refractivity contribution in [1.82, 2.24) is 9.97 Å². The van der Waals surface area contributed by atoms with Gasteiger partial charge in [0.15, 0.2) is 0 Å². The fourth-order valence-electron chi connectivity index (χ4n) is 2.23. The minimum atomic E-state index is -0.0358. The second-order valence-corrected chi connectivity index (χ2v) is 4.39. The van der Waals surface area contributed by atoms with Gasteiger partial charge in [0.05, 0.1) is 24.7 Å². The Hall–Kier alpha value is -1.16. The molecule has 2 rings (SSSR count). The highest BCUT2D eigenvalue weighted by Crippen LogP contribution is 2.22. The van der Waals surface area contributed by atoms with Gasteiger partial charge in [-0.2, -0.15) is 0 Å². The Labute approximate surface area is 96.3 Å². The van der Waals surface area contributed by atoms with E-state index in [-0.39, 0.29) is 6.61 Å². The van der Waals surface area contributed by atoms with Crippen LogP contribution in [0.15, 0.2) is 12.4 Å². The van der Waals surface area contributed by atoms with Crippen molar-refractivity contribution in [3.8, 4) is 0 Å². The van der Waals surface area contributed by atoms with E-state index in [2.05, 4.69) is 21.8 Å². The fraction of sp³-hybridized carbons (Fsp3) is 0.667. The van der Waals surface area contributed by atoms with Gasteiger partial charge in [-0.1, -0.05) is 13.3 Å². The summed E-state index contributed by atoms with van der Waals surface area (Å²) in [4.78, 5) is 10.8. The molecule has 0 amide bonds. The molecule has 0 radical (unpaired) electrons. The van der Waals surface area contributed by atoms with Crippen LogP contribution >= 0.6 is 0 Å². The quantitative estimate of drug-likeness (QED) is 0.842. The molecule has 1 aliphatic rings. The number of piperidine rings is 1. The van der Waals surface area contributed by atoms with Gasteiger partial charge in [-0.15, -0.1) is 0 Å². The molecule has 0 bridgehead atoms. The Morgan fingerprint density at radius 2 is 2.38 bits per heavy atom. The van der Waals surface area contributed by atoms with E-state index in [1.54, 1.807) is 12.4 Å². The van der Waals surface area contributed by atoms with Gasteiger partial charge in [0.2, 0.25) is 0 Å². The van der Waals surface area contributed by atoms with Gasteiger partial charge in [0.1, 0.15) is 5.82 Å². The first-order valence-corrected chi connectivity index (χ1v) is 6.00. The number of anilines is 1. The van der Waals surface area contributed by atoms with E-state index in [1.165, 1.54) is 19.3 Å². The second-order valence-electron chi connectivity index (χ2n) is 4.39. The highest BCUT2D eigenvalue weighted by molar-refractivity contribution is 5.36.